The standard InChI is InChI=1S/C16H16F2N6O2/c1-10-11(14(26)22-7-4-16(17,18)5-8-22)9-24(20-10)15-19-13(25)12-3-2-6-23(12)21-15/h2-3,6,9H,4-5,7-8H2,1H3,(H,19,21,25). The zero-order valence-corrected chi connectivity index (χ0v) is 13.9. The molecule has 0 bridgehead atoms. The van der Waals surface area contributed by atoms with Gasteiger partial charge in [0.05, 0.1) is 11.3 Å². The van der Waals surface area contributed by atoms with Gasteiger partial charge >= 0.3 is 0 Å². The van der Waals surface area contributed by atoms with Gasteiger partial charge < -0.3 is 4.90 Å². The summed E-state index contributed by atoms with van der Waals surface area (Å²) in [4.78, 5) is 28.7. The van der Waals surface area contributed by atoms with Crippen LogP contribution in [0.2, 0.25) is 0 Å². The van der Waals surface area contributed by atoms with E-state index in [1.807, 2.05) is 0 Å². The molecule has 8 nitrogen and oxygen atoms in total. The number of carbonyl (C=O) groups is 1. The van der Waals surface area contributed by atoms with Crippen LogP contribution >= 0.6 is 0 Å². The van der Waals surface area contributed by atoms with Crippen molar-refractivity contribution in [1.82, 2.24) is 29.3 Å². The first kappa shape index (κ1) is 16.4. The van der Waals surface area contributed by atoms with E-state index in [2.05, 4.69) is 15.2 Å². The number of likely N-dealkylation sites (tertiary alicyclic amines) is 1. The quantitative estimate of drug-likeness (QED) is 0.746. The van der Waals surface area contributed by atoms with Crippen LogP contribution in [0.25, 0.3) is 11.5 Å². The fourth-order valence-electron chi connectivity index (χ4n) is 3.02. The molecule has 0 unspecified atom stereocenters. The number of fused-ring (bicyclic) bond motifs is 1. The van der Waals surface area contributed by atoms with Gasteiger partial charge in [0.25, 0.3) is 17.4 Å². The Balaban J connectivity index is 1.64. The van der Waals surface area contributed by atoms with Crippen LogP contribution in [0.15, 0.2) is 29.3 Å². The number of nitrogens with zero attached hydrogens (tertiary/aromatic N) is 5. The zero-order chi connectivity index (χ0) is 18.5. The van der Waals surface area contributed by atoms with Crippen molar-refractivity contribution in [2.24, 2.45) is 0 Å². The van der Waals surface area contributed by atoms with Crippen molar-refractivity contribution < 1.29 is 13.6 Å². The Kier molecular flexibility index (Phi) is 3.63. The van der Waals surface area contributed by atoms with E-state index in [0.717, 1.165) is 0 Å². The van der Waals surface area contributed by atoms with E-state index in [4.69, 9.17) is 0 Å². The van der Waals surface area contributed by atoms with Crippen molar-refractivity contribution >= 4 is 11.4 Å². The van der Waals surface area contributed by atoms with Gasteiger partial charge in [-0.1, -0.05) is 0 Å². The number of halogens is 2. The lowest BCUT2D eigenvalue weighted by atomic mass is 10.1. The molecule has 1 aliphatic rings. The van der Waals surface area contributed by atoms with E-state index >= 15 is 0 Å². The molecule has 0 aliphatic carbocycles. The topological polar surface area (TPSA) is 88.3 Å². The number of aromatic amines is 1. The Hall–Kier alpha value is -3.04. The van der Waals surface area contributed by atoms with Gasteiger partial charge in [-0.15, -0.1) is 5.10 Å². The summed E-state index contributed by atoms with van der Waals surface area (Å²) in [6.07, 6.45) is 2.40. The van der Waals surface area contributed by atoms with Gasteiger partial charge in [-0.05, 0) is 19.1 Å². The van der Waals surface area contributed by atoms with Crippen LogP contribution in [-0.2, 0) is 0 Å². The Labute approximate surface area is 146 Å². The molecular formula is C16H16F2N6O2. The molecule has 3 aromatic rings. The Morgan fingerprint density at radius 2 is 2.00 bits per heavy atom. The first-order valence-electron chi connectivity index (χ1n) is 8.15. The third kappa shape index (κ3) is 2.76. The van der Waals surface area contributed by atoms with Gasteiger partial charge in [0.2, 0.25) is 5.95 Å². The van der Waals surface area contributed by atoms with Gasteiger partial charge in [0, 0.05) is 38.3 Å². The van der Waals surface area contributed by atoms with Crippen molar-refractivity contribution in [3.63, 3.8) is 0 Å². The van der Waals surface area contributed by atoms with Crippen molar-refractivity contribution in [2.45, 2.75) is 25.7 Å². The highest BCUT2D eigenvalue weighted by atomic mass is 19.3. The summed E-state index contributed by atoms with van der Waals surface area (Å²) in [5, 5.41) is 8.48. The molecule has 1 aliphatic heterocycles. The van der Waals surface area contributed by atoms with Gasteiger partial charge in [0.15, 0.2) is 0 Å². The number of hydrogen-bond acceptors (Lipinski definition) is 4. The van der Waals surface area contributed by atoms with E-state index in [0.29, 0.717) is 16.8 Å². The Morgan fingerprint density at radius 3 is 2.73 bits per heavy atom. The number of rotatable bonds is 2. The largest absolute Gasteiger partial charge is 0.338 e. The maximum atomic E-state index is 13.3. The molecule has 0 radical (unpaired) electrons. The summed E-state index contributed by atoms with van der Waals surface area (Å²) in [5.74, 6) is -2.91. The van der Waals surface area contributed by atoms with Crippen LogP contribution in [0.4, 0.5) is 8.78 Å². The molecule has 1 fully saturated rings. The molecule has 1 amide bonds. The number of H-pyrrole nitrogens is 1. The number of alkyl halides is 2. The van der Waals surface area contributed by atoms with Crippen LogP contribution in [0.3, 0.4) is 0 Å². The average Bonchev–Trinajstić information content (AvgIpc) is 3.21. The molecule has 3 aromatic heterocycles. The minimum absolute atomic E-state index is 0.000856. The summed E-state index contributed by atoms with van der Waals surface area (Å²) in [5.41, 5.74) is 0.788. The molecule has 26 heavy (non-hydrogen) atoms. The molecule has 10 heteroatoms. The molecule has 0 saturated carbocycles. The van der Waals surface area contributed by atoms with E-state index in [9.17, 15) is 18.4 Å². The predicted octanol–water partition coefficient (Wildman–Crippen LogP) is 1.39. The minimum atomic E-state index is -2.72. The second-order valence-electron chi connectivity index (χ2n) is 6.34. The lowest BCUT2D eigenvalue weighted by Gasteiger charge is -2.31. The lowest BCUT2D eigenvalue weighted by molar-refractivity contribution is -0.0494. The third-order valence-electron chi connectivity index (χ3n) is 4.52. The Bertz CT molecular complexity index is 1040. The van der Waals surface area contributed by atoms with Gasteiger partial charge in [-0.3, -0.25) is 14.6 Å². The fraction of sp³-hybridized carbons (Fsp3) is 0.375. The lowest BCUT2D eigenvalue weighted by Crippen LogP contribution is -2.42. The van der Waals surface area contributed by atoms with Crippen molar-refractivity contribution in [3.8, 4) is 5.95 Å². The van der Waals surface area contributed by atoms with Gasteiger partial charge in [-0.25, -0.2) is 18.0 Å². The SMILES string of the molecule is Cc1nn(-c2nn3cccc3c(=O)[nH]2)cc1C(=O)N1CCC(F)(F)CC1. The van der Waals surface area contributed by atoms with Crippen molar-refractivity contribution in [1.29, 1.82) is 0 Å². The molecule has 1 N–H and O–H groups in total. The molecular weight excluding hydrogens is 346 g/mol. The molecule has 0 atom stereocenters. The van der Waals surface area contributed by atoms with E-state index in [1.54, 1.807) is 25.3 Å². The molecule has 0 aromatic carbocycles. The average molecular weight is 362 g/mol. The third-order valence-corrected chi connectivity index (χ3v) is 4.52. The highest BCUT2D eigenvalue weighted by Gasteiger charge is 2.36. The second kappa shape index (κ2) is 5.75. The maximum absolute atomic E-state index is 13.3. The summed E-state index contributed by atoms with van der Waals surface area (Å²) in [6, 6.07) is 3.32. The molecule has 0 spiro atoms. The normalized spacial score (nSPS) is 17.0. The number of piperidine rings is 1. The van der Waals surface area contributed by atoms with Gasteiger partial charge in [0.1, 0.15) is 5.52 Å². The summed E-state index contributed by atoms with van der Waals surface area (Å²) < 4.78 is 29.3. The van der Waals surface area contributed by atoms with Crippen molar-refractivity contribution in [2.75, 3.05) is 13.1 Å². The molecule has 136 valence electrons. The summed E-state index contributed by atoms with van der Waals surface area (Å²) in [7, 11) is 0. The molecule has 4 heterocycles. The first-order chi connectivity index (χ1) is 12.3. The first-order valence-corrected chi connectivity index (χ1v) is 8.15. The highest BCUT2D eigenvalue weighted by molar-refractivity contribution is 5.95. The predicted molar refractivity (Wildman–Crippen MR) is 87.8 cm³/mol. The highest BCUT2D eigenvalue weighted by Crippen LogP contribution is 2.28. The van der Waals surface area contributed by atoms with Crippen LogP contribution in [0.5, 0.6) is 0 Å². The summed E-state index contributed by atoms with van der Waals surface area (Å²) in [6.45, 7) is 1.65. The smallest absolute Gasteiger partial charge is 0.276 e. The number of aromatic nitrogens is 5. The van der Waals surface area contributed by atoms with Crippen LogP contribution < -0.4 is 5.56 Å². The monoisotopic (exact) mass is 362 g/mol. The van der Waals surface area contributed by atoms with E-state index < -0.39 is 5.92 Å². The van der Waals surface area contributed by atoms with Crippen LogP contribution in [0.1, 0.15) is 28.9 Å². The fourth-order valence-corrected chi connectivity index (χ4v) is 3.02. The van der Waals surface area contributed by atoms with Crippen LogP contribution in [-0.4, -0.2) is 54.2 Å². The summed E-state index contributed by atoms with van der Waals surface area (Å²) >= 11 is 0. The number of nitrogens with one attached hydrogen (secondary N) is 1. The zero-order valence-electron chi connectivity index (χ0n) is 13.9. The second-order valence-corrected chi connectivity index (χ2v) is 6.34. The Morgan fingerprint density at radius 1 is 1.27 bits per heavy atom. The van der Waals surface area contributed by atoms with Gasteiger partial charge in [-0.2, -0.15) is 5.10 Å². The van der Waals surface area contributed by atoms with E-state index in [1.165, 1.54) is 20.3 Å². The maximum Gasteiger partial charge on any atom is 0.276 e. The number of carbonyl (C=O) groups excluding carboxylic acids is 1. The molecule has 4 rings (SSSR count). The number of amides is 1. The minimum Gasteiger partial charge on any atom is -0.338 e. The number of hydrogen-bond donors (Lipinski definition) is 1. The van der Waals surface area contributed by atoms with Crippen molar-refractivity contribution in [3.05, 3.63) is 46.1 Å². The van der Waals surface area contributed by atoms with Crippen LogP contribution in [0, 0.1) is 6.92 Å². The van der Waals surface area contributed by atoms with E-state index in [-0.39, 0.29) is 43.3 Å². The molecule has 1 saturated heterocycles. The number of aryl methyl sites for hydroxylation is 1.